The molecule has 0 aromatic carbocycles. The SMILES string of the molecule is Clc1nc(-c2cccnc2)sc1-c1cc2occc2c(-c2ncccn2)n1. The van der Waals surface area contributed by atoms with Gasteiger partial charge in [0.05, 0.1) is 16.8 Å². The number of furan rings is 1. The van der Waals surface area contributed by atoms with Crippen molar-refractivity contribution in [2.24, 2.45) is 0 Å². The van der Waals surface area contributed by atoms with Crippen molar-refractivity contribution in [1.82, 2.24) is 24.9 Å². The largest absolute Gasteiger partial charge is 0.464 e. The normalized spacial score (nSPS) is 11.1. The number of pyridine rings is 2. The van der Waals surface area contributed by atoms with Gasteiger partial charge in [-0.3, -0.25) is 4.98 Å². The summed E-state index contributed by atoms with van der Waals surface area (Å²) in [7, 11) is 0. The van der Waals surface area contributed by atoms with E-state index in [0.717, 1.165) is 20.8 Å². The maximum atomic E-state index is 6.43. The number of rotatable bonds is 3. The molecule has 8 heteroatoms. The number of halogens is 1. The first-order valence-electron chi connectivity index (χ1n) is 8.02. The summed E-state index contributed by atoms with van der Waals surface area (Å²) in [6.07, 6.45) is 8.47. The predicted octanol–water partition coefficient (Wildman–Crippen LogP) is 5.12. The minimum Gasteiger partial charge on any atom is -0.464 e. The van der Waals surface area contributed by atoms with E-state index in [1.807, 2.05) is 24.3 Å². The maximum absolute atomic E-state index is 6.43. The van der Waals surface area contributed by atoms with Gasteiger partial charge in [-0.1, -0.05) is 11.6 Å². The maximum Gasteiger partial charge on any atom is 0.178 e. The Kier molecular flexibility index (Phi) is 3.88. The minimum atomic E-state index is 0.386. The molecule has 0 amide bonds. The summed E-state index contributed by atoms with van der Waals surface area (Å²) in [6, 6.07) is 9.28. The standard InChI is InChI=1S/C19H10ClN5OS/c20-17-16(27-19(25-17)11-3-1-5-21-10-11)13-9-14-12(4-8-26-14)15(24-13)18-22-6-2-7-23-18/h1-10H. The van der Waals surface area contributed by atoms with E-state index in [0.29, 0.717) is 27.9 Å². The average Bonchev–Trinajstić information content (AvgIpc) is 3.35. The van der Waals surface area contributed by atoms with Gasteiger partial charge in [0.2, 0.25) is 0 Å². The molecule has 130 valence electrons. The van der Waals surface area contributed by atoms with Crippen LogP contribution in [0.2, 0.25) is 5.15 Å². The van der Waals surface area contributed by atoms with E-state index in [-0.39, 0.29) is 0 Å². The lowest BCUT2D eigenvalue weighted by Crippen LogP contribution is -1.93. The van der Waals surface area contributed by atoms with Crippen molar-refractivity contribution >= 4 is 33.9 Å². The highest BCUT2D eigenvalue weighted by molar-refractivity contribution is 7.19. The molecule has 0 N–H and O–H groups in total. The fourth-order valence-corrected chi connectivity index (χ4v) is 4.00. The van der Waals surface area contributed by atoms with E-state index in [1.165, 1.54) is 11.3 Å². The molecule has 0 radical (unpaired) electrons. The van der Waals surface area contributed by atoms with Gasteiger partial charge in [-0.05, 0) is 24.3 Å². The Bertz CT molecular complexity index is 1240. The van der Waals surface area contributed by atoms with Crippen LogP contribution in [-0.2, 0) is 0 Å². The van der Waals surface area contributed by atoms with Gasteiger partial charge in [0.25, 0.3) is 0 Å². The van der Waals surface area contributed by atoms with Crippen molar-refractivity contribution in [3.63, 3.8) is 0 Å². The Morgan fingerprint density at radius 2 is 1.89 bits per heavy atom. The first-order chi connectivity index (χ1) is 13.3. The smallest absolute Gasteiger partial charge is 0.178 e. The number of hydrogen-bond donors (Lipinski definition) is 0. The quantitative estimate of drug-likeness (QED) is 0.424. The Morgan fingerprint density at radius 3 is 2.70 bits per heavy atom. The monoisotopic (exact) mass is 391 g/mol. The summed E-state index contributed by atoms with van der Waals surface area (Å²) < 4.78 is 5.61. The molecule has 0 spiro atoms. The molecule has 0 aliphatic carbocycles. The molecule has 5 aromatic rings. The molecule has 0 saturated carbocycles. The molecule has 6 nitrogen and oxygen atoms in total. The average molecular weight is 392 g/mol. The molecule has 0 atom stereocenters. The lowest BCUT2D eigenvalue weighted by molar-refractivity contribution is 0.616. The molecule has 0 fully saturated rings. The topological polar surface area (TPSA) is 77.6 Å². The summed E-state index contributed by atoms with van der Waals surface area (Å²) in [5.74, 6) is 0.527. The van der Waals surface area contributed by atoms with Crippen molar-refractivity contribution < 1.29 is 4.42 Å². The highest BCUT2D eigenvalue weighted by atomic mass is 35.5. The zero-order chi connectivity index (χ0) is 18.2. The van der Waals surface area contributed by atoms with Crippen molar-refractivity contribution in [2.45, 2.75) is 0 Å². The second kappa shape index (κ2) is 6.53. The predicted molar refractivity (Wildman–Crippen MR) is 104 cm³/mol. The van der Waals surface area contributed by atoms with Gasteiger partial charge < -0.3 is 4.42 Å². The molecule has 0 unspecified atom stereocenters. The highest BCUT2D eigenvalue weighted by Gasteiger charge is 2.18. The molecule has 5 heterocycles. The summed E-state index contributed by atoms with van der Waals surface area (Å²) in [4.78, 5) is 22.8. The van der Waals surface area contributed by atoms with Crippen LogP contribution in [0.4, 0.5) is 0 Å². The Hall–Kier alpha value is -3.16. The zero-order valence-corrected chi connectivity index (χ0v) is 15.3. The van der Waals surface area contributed by atoms with Gasteiger partial charge in [-0.2, -0.15) is 0 Å². The first-order valence-corrected chi connectivity index (χ1v) is 9.22. The molecule has 5 rings (SSSR count). The van der Waals surface area contributed by atoms with Gasteiger partial charge in [0.15, 0.2) is 5.82 Å². The number of thiazole rings is 1. The zero-order valence-electron chi connectivity index (χ0n) is 13.7. The van der Waals surface area contributed by atoms with Crippen molar-refractivity contribution in [2.75, 3.05) is 0 Å². The van der Waals surface area contributed by atoms with Crippen LogP contribution in [0, 0.1) is 0 Å². The summed E-state index contributed by atoms with van der Waals surface area (Å²) in [5.41, 5.74) is 2.90. The lowest BCUT2D eigenvalue weighted by atomic mass is 10.2. The van der Waals surface area contributed by atoms with Crippen molar-refractivity contribution in [1.29, 1.82) is 0 Å². The van der Waals surface area contributed by atoms with Crippen LogP contribution in [0.5, 0.6) is 0 Å². The molecule has 0 aliphatic heterocycles. The molecular formula is C19H10ClN5OS. The van der Waals surface area contributed by atoms with E-state index < -0.39 is 0 Å². The van der Waals surface area contributed by atoms with Crippen LogP contribution in [0.25, 0.3) is 43.6 Å². The van der Waals surface area contributed by atoms with E-state index in [4.69, 9.17) is 21.0 Å². The lowest BCUT2D eigenvalue weighted by Gasteiger charge is -2.04. The van der Waals surface area contributed by atoms with Gasteiger partial charge in [-0.15, -0.1) is 11.3 Å². The summed E-state index contributed by atoms with van der Waals surface area (Å²) >= 11 is 7.88. The third-order valence-electron chi connectivity index (χ3n) is 3.95. The van der Waals surface area contributed by atoms with Gasteiger partial charge in [0, 0.05) is 41.8 Å². The van der Waals surface area contributed by atoms with Crippen LogP contribution in [0.1, 0.15) is 0 Å². The third-order valence-corrected chi connectivity index (χ3v) is 5.47. The van der Waals surface area contributed by atoms with Crippen LogP contribution in [0.15, 0.2) is 65.8 Å². The number of fused-ring (bicyclic) bond motifs is 1. The van der Waals surface area contributed by atoms with E-state index in [2.05, 4.69) is 19.9 Å². The van der Waals surface area contributed by atoms with E-state index >= 15 is 0 Å². The third kappa shape index (κ3) is 2.87. The van der Waals surface area contributed by atoms with Crippen LogP contribution >= 0.6 is 22.9 Å². The second-order valence-electron chi connectivity index (χ2n) is 5.64. The fourth-order valence-electron chi connectivity index (χ4n) is 2.75. The second-order valence-corrected chi connectivity index (χ2v) is 7.00. The van der Waals surface area contributed by atoms with Crippen LogP contribution < -0.4 is 0 Å². The van der Waals surface area contributed by atoms with Crippen molar-refractivity contribution in [3.8, 4) is 32.7 Å². The van der Waals surface area contributed by atoms with Crippen LogP contribution in [0.3, 0.4) is 0 Å². The molecular weight excluding hydrogens is 382 g/mol. The summed E-state index contributed by atoms with van der Waals surface area (Å²) in [6.45, 7) is 0. The Labute approximate surface area is 162 Å². The Balaban J connectivity index is 1.69. The summed E-state index contributed by atoms with van der Waals surface area (Å²) in [5, 5.41) is 2.01. The number of aromatic nitrogens is 5. The Morgan fingerprint density at radius 1 is 1.00 bits per heavy atom. The highest BCUT2D eigenvalue weighted by Crippen LogP contribution is 2.39. The van der Waals surface area contributed by atoms with Crippen LogP contribution in [-0.4, -0.2) is 24.9 Å². The number of hydrogen-bond acceptors (Lipinski definition) is 7. The minimum absolute atomic E-state index is 0.386. The van der Waals surface area contributed by atoms with E-state index in [1.54, 1.807) is 37.1 Å². The number of nitrogens with zero attached hydrogens (tertiary/aromatic N) is 5. The van der Waals surface area contributed by atoms with Crippen molar-refractivity contribution in [3.05, 3.63) is 66.5 Å². The van der Waals surface area contributed by atoms with Gasteiger partial charge >= 0.3 is 0 Å². The molecule has 5 aromatic heterocycles. The molecule has 0 bridgehead atoms. The fraction of sp³-hybridized carbons (Fsp3) is 0. The molecule has 27 heavy (non-hydrogen) atoms. The molecule has 0 saturated heterocycles. The van der Waals surface area contributed by atoms with Gasteiger partial charge in [-0.25, -0.2) is 19.9 Å². The van der Waals surface area contributed by atoms with E-state index in [9.17, 15) is 0 Å². The first kappa shape index (κ1) is 16.0. The molecule has 0 aliphatic rings. The van der Waals surface area contributed by atoms with Gasteiger partial charge in [0.1, 0.15) is 21.4 Å².